The van der Waals surface area contributed by atoms with Crippen LogP contribution in [0.25, 0.3) is 5.52 Å². The number of aromatic nitrogens is 2. The van der Waals surface area contributed by atoms with E-state index in [0.717, 1.165) is 27.2 Å². The molecule has 0 amide bonds. The molecular weight excluding hydrogens is 333 g/mol. The largest absolute Gasteiger partial charge is 0.376 e. The summed E-state index contributed by atoms with van der Waals surface area (Å²) in [6.45, 7) is 0. The lowest BCUT2D eigenvalue weighted by atomic mass is 10.1. The normalized spacial score (nSPS) is 11.0. The Morgan fingerprint density at radius 1 is 1.14 bits per heavy atom. The number of rotatable bonds is 3. The van der Waals surface area contributed by atoms with Crippen LogP contribution < -0.4 is 4.90 Å². The summed E-state index contributed by atoms with van der Waals surface area (Å²) in [6, 6.07) is 10.6. The number of anilines is 1. The molecule has 0 aliphatic carbocycles. The standard InChI is InChI=1S/C16H15BrFN3/c1-20(2)13-7-8-14-16(17)19-15(21(14)10-13)9-11-3-5-12(18)6-4-11/h3-8,10H,9H2,1-2H3. The number of benzene rings is 1. The van der Waals surface area contributed by atoms with E-state index in [1.807, 2.05) is 20.2 Å². The first-order valence-corrected chi connectivity index (χ1v) is 7.42. The van der Waals surface area contributed by atoms with Crippen molar-refractivity contribution in [1.82, 2.24) is 9.38 Å². The van der Waals surface area contributed by atoms with E-state index in [4.69, 9.17) is 0 Å². The van der Waals surface area contributed by atoms with Crippen molar-refractivity contribution in [3.63, 3.8) is 0 Å². The SMILES string of the molecule is CN(C)c1ccc2c(Br)nc(Cc3ccc(F)cc3)n2c1. The van der Waals surface area contributed by atoms with E-state index in [-0.39, 0.29) is 5.82 Å². The molecule has 1 aromatic carbocycles. The number of hydrogen-bond donors (Lipinski definition) is 0. The zero-order chi connectivity index (χ0) is 15.0. The van der Waals surface area contributed by atoms with E-state index in [1.54, 1.807) is 12.1 Å². The van der Waals surface area contributed by atoms with Gasteiger partial charge in [0.05, 0.1) is 11.2 Å². The van der Waals surface area contributed by atoms with E-state index in [0.29, 0.717) is 6.42 Å². The lowest BCUT2D eigenvalue weighted by molar-refractivity contribution is 0.627. The van der Waals surface area contributed by atoms with Crippen molar-refractivity contribution in [1.29, 1.82) is 0 Å². The van der Waals surface area contributed by atoms with Gasteiger partial charge in [0.15, 0.2) is 0 Å². The maximum absolute atomic E-state index is 13.0. The monoisotopic (exact) mass is 347 g/mol. The van der Waals surface area contributed by atoms with Crippen LogP contribution in [-0.2, 0) is 6.42 Å². The number of nitrogens with zero attached hydrogens (tertiary/aromatic N) is 3. The Balaban J connectivity index is 2.05. The predicted octanol–water partition coefficient (Wildman–Crippen LogP) is 3.89. The molecular formula is C16H15BrFN3. The van der Waals surface area contributed by atoms with Gasteiger partial charge in [-0.1, -0.05) is 12.1 Å². The van der Waals surface area contributed by atoms with Gasteiger partial charge in [0, 0.05) is 26.7 Å². The number of fused-ring (bicyclic) bond motifs is 1. The van der Waals surface area contributed by atoms with Crippen LogP contribution in [0.1, 0.15) is 11.4 Å². The second-order valence-electron chi connectivity index (χ2n) is 5.16. The minimum Gasteiger partial charge on any atom is -0.376 e. The summed E-state index contributed by atoms with van der Waals surface area (Å²) in [5.74, 6) is 0.704. The maximum Gasteiger partial charge on any atom is 0.132 e. The molecule has 0 fully saturated rings. The van der Waals surface area contributed by atoms with Gasteiger partial charge in [0.2, 0.25) is 0 Å². The molecule has 0 radical (unpaired) electrons. The van der Waals surface area contributed by atoms with Crippen molar-refractivity contribution < 1.29 is 4.39 Å². The number of pyridine rings is 1. The molecule has 21 heavy (non-hydrogen) atoms. The summed E-state index contributed by atoms with van der Waals surface area (Å²) >= 11 is 3.50. The molecule has 0 bridgehead atoms. The van der Waals surface area contributed by atoms with Crippen molar-refractivity contribution in [2.45, 2.75) is 6.42 Å². The van der Waals surface area contributed by atoms with Gasteiger partial charge in [0.25, 0.3) is 0 Å². The first-order chi connectivity index (χ1) is 10.0. The minimum absolute atomic E-state index is 0.220. The Kier molecular flexibility index (Phi) is 3.68. The number of imidazole rings is 1. The number of hydrogen-bond acceptors (Lipinski definition) is 2. The molecule has 0 aliphatic rings. The summed E-state index contributed by atoms with van der Waals surface area (Å²) in [5.41, 5.74) is 3.16. The molecule has 0 atom stereocenters. The molecule has 0 spiro atoms. The molecule has 2 heterocycles. The Morgan fingerprint density at radius 2 is 1.86 bits per heavy atom. The highest BCUT2D eigenvalue weighted by Gasteiger charge is 2.11. The van der Waals surface area contributed by atoms with Gasteiger partial charge in [-0.05, 0) is 45.8 Å². The van der Waals surface area contributed by atoms with Crippen LogP contribution in [0.2, 0.25) is 0 Å². The average molecular weight is 348 g/mol. The van der Waals surface area contributed by atoms with Gasteiger partial charge in [-0.25, -0.2) is 9.37 Å². The third-order valence-electron chi connectivity index (χ3n) is 3.44. The third kappa shape index (κ3) is 2.78. The van der Waals surface area contributed by atoms with Crippen LogP contribution in [-0.4, -0.2) is 23.5 Å². The first kappa shape index (κ1) is 14.1. The Hall–Kier alpha value is -1.88. The van der Waals surface area contributed by atoms with Gasteiger partial charge < -0.3 is 9.30 Å². The summed E-state index contributed by atoms with van der Waals surface area (Å²) in [5, 5.41) is 0. The molecule has 0 N–H and O–H groups in total. The van der Waals surface area contributed by atoms with E-state index < -0.39 is 0 Å². The highest BCUT2D eigenvalue weighted by atomic mass is 79.9. The van der Waals surface area contributed by atoms with Gasteiger partial charge >= 0.3 is 0 Å². The van der Waals surface area contributed by atoms with Gasteiger partial charge in [0.1, 0.15) is 16.2 Å². The lowest BCUT2D eigenvalue weighted by Gasteiger charge is -2.13. The van der Waals surface area contributed by atoms with Crippen LogP contribution >= 0.6 is 15.9 Å². The van der Waals surface area contributed by atoms with Crippen molar-refractivity contribution in [3.8, 4) is 0 Å². The van der Waals surface area contributed by atoms with Crippen LogP contribution in [0.15, 0.2) is 47.2 Å². The fraction of sp³-hybridized carbons (Fsp3) is 0.188. The fourth-order valence-corrected chi connectivity index (χ4v) is 2.80. The van der Waals surface area contributed by atoms with Gasteiger partial charge in [-0.2, -0.15) is 0 Å². The molecule has 108 valence electrons. The van der Waals surface area contributed by atoms with E-state index in [9.17, 15) is 4.39 Å². The second-order valence-corrected chi connectivity index (χ2v) is 5.91. The first-order valence-electron chi connectivity index (χ1n) is 6.63. The summed E-state index contributed by atoms with van der Waals surface area (Å²) < 4.78 is 15.9. The molecule has 2 aromatic heterocycles. The molecule has 3 aromatic rings. The highest BCUT2D eigenvalue weighted by Crippen LogP contribution is 2.24. The molecule has 5 heteroatoms. The smallest absolute Gasteiger partial charge is 0.132 e. The zero-order valence-electron chi connectivity index (χ0n) is 11.8. The van der Waals surface area contributed by atoms with Gasteiger partial charge in [-0.3, -0.25) is 0 Å². The molecule has 3 rings (SSSR count). The predicted molar refractivity (Wildman–Crippen MR) is 86.4 cm³/mol. The third-order valence-corrected chi connectivity index (χ3v) is 4.02. The van der Waals surface area contributed by atoms with E-state index in [2.05, 4.69) is 42.5 Å². The summed E-state index contributed by atoms with van der Waals surface area (Å²) in [6.07, 6.45) is 2.72. The molecule has 0 saturated carbocycles. The van der Waals surface area contributed by atoms with Crippen molar-refractivity contribution >= 4 is 27.1 Å². The van der Waals surface area contributed by atoms with Crippen molar-refractivity contribution in [2.75, 3.05) is 19.0 Å². The van der Waals surface area contributed by atoms with E-state index >= 15 is 0 Å². The van der Waals surface area contributed by atoms with Crippen molar-refractivity contribution in [2.24, 2.45) is 0 Å². The van der Waals surface area contributed by atoms with E-state index in [1.165, 1.54) is 12.1 Å². The second kappa shape index (κ2) is 5.48. The zero-order valence-corrected chi connectivity index (χ0v) is 13.4. The van der Waals surface area contributed by atoms with Crippen LogP contribution in [0.3, 0.4) is 0 Å². The summed E-state index contributed by atoms with van der Waals surface area (Å²) in [4.78, 5) is 6.63. The molecule has 3 nitrogen and oxygen atoms in total. The molecule has 0 saturated heterocycles. The van der Waals surface area contributed by atoms with Crippen molar-refractivity contribution in [3.05, 3.63) is 64.4 Å². The van der Waals surface area contributed by atoms with Gasteiger partial charge in [-0.15, -0.1) is 0 Å². The van der Waals surface area contributed by atoms with Crippen LogP contribution in [0, 0.1) is 5.82 Å². The minimum atomic E-state index is -0.220. The van der Waals surface area contributed by atoms with Crippen LogP contribution in [0.5, 0.6) is 0 Å². The maximum atomic E-state index is 13.0. The molecule has 0 unspecified atom stereocenters. The van der Waals surface area contributed by atoms with Crippen LogP contribution in [0.4, 0.5) is 10.1 Å². The Morgan fingerprint density at radius 3 is 2.52 bits per heavy atom. The Labute approximate surface area is 131 Å². The fourth-order valence-electron chi connectivity index (χ4n) is 2.27. The molecule has 0 aliphatic heterocycles. The quantitative estimate of drug-likeness (QED) is 0.716. The number of halogens is 2. The highest BCUT2D eigenvalue weighted by molar-refractivity contribution is 9.10. The summed E-state index contributed by atoms with van der Waals surface area (Å²) in [7, 11) is 4.01. The Bertz CT molecular complexity index is 778. The topological polar surface area (TPSA) is 20.5 Å². The lowest BCUT2D eigenvalue weighted by Crippen LogP contribution is -2.09. The average Bonchev–Trinajstić information content (AvgIpc) is 2.77.